The van der Waals surface area contributed by atoms with Gasteiger partial charge in [0.1, 0.15) is 4.90 Å². The van der Waals surface area contributed by atoms with Crippen molar-refractivity contribution in [3.63, 3.8) is 0 Å². The summed E-state index contributed by atoms with van der Waals surface area (Å²) in [6.45, 7) is 0. The first-order valence-electron chi connectivity index (χ1n) is 3.85. The molecule has 2 aromatic heterocycles. The van der Waals surface area contributed by atoms with Crippen LogP contribution in [-0.2, 0) is 9.05 Å². The Bertz CT molecular complexity index is 549. The van der Waals surface area contributed by atoms with Crippen molar-refractivity contribution in [2.75, 3.05) is 0 Å². The molecule has 0 aliphatic heterocycles. The molecule has 6 nitrogen and oxygen atoms in total. The summed E-state index contributed by atoms with van der Waals surface area (Å²) in [6.07, 6.45) is 4.14. The Labute approximate surface area is 89.9 Å². The highest BCUT2D eigenvalue weighted by molar-refractivity contribution is 8.13. The Morgan fingerprint density at radius 2 is 1.87 bits per heavy atom. The Balaban J connectivity index is 2.42. The van der Waals surface area contributed by atoms with Crippen LogP contribution in [-0.4, -0.2) is 28.4 Å². The van der Waals surface area contributed by atoms with Gasteiger partial charge < -0.3 is 0 Å². The SMILES string of the molecule is O=S(=O)(Cl)c1ccc(-n2nccn2)nc1. The van der Waals surface area contributed by atoms with Gasteiger partial charge in [-0.2, -0.15) is 10.2 Å². The highest BCUT2D eigenvalue weighted by atomic mass is 35.7. The molecule has 8 heteroatoms. The molecule has 78 valence electrons. The van der Waals surface area contributed by atoms with E-state index in [9.17, 15) is 8.42 Å². The Morgan fingerprint density at radius 1 is 1.20 bits per heavy atom. The van der Waals surface area contributed by atoms with E-state index in [0.717, 1.165) is 6.20 Å². The molecule has 0 N–H and O–H groups in total. The first-order valence-corrected chi connectivity index (χ1v) is 6.16. The molecule has 0 amide bonds. The average molecular weight is 245 g/mol. The van der Waals surface area contributed by atoms with E-state index in [0.29, 0.717) is 5.82 Å². The Hall–Kier alpha value is -1.47. The summed E-state index contributed by atoms with van der Waals surface area (Å²) in [5.74, 6) is 0.420. The summed E-state index contributed by atoms with van der Waals surface area (Å²) >= 11 is 0. The number of pyridine rings is 1. The van der Waals surface area contributed by atoms with E-state index in [-0.39, 0.29) is 4.90 Å². The molecule has 0 saturated carbocycles. The molecule has 0 aliphatic rings. The number of hydrogen-bond donors (Lipinski definition) is 0. The van der Waals surface area contributed by atoms with Crippen molar-refractivity contribution in [2.45, 2.75) is 4.90 Å². The van der Waals surface area contributed by atoms with E-state index in [4.69, 9.17) is 10.7 Å². The second kappa shape index (κ2) is 3.59. The highest BCUT2D eigenvalue weighted by Gasteiger charge is 2.10. The molecule has 0 aromatic carbocycles. The minimum Gasteiger partial charge on any atom is -0.234 e. The second-order valence-electron chi connectivity index (χ2n) is 2.61. The fourth-order valence-corrected chi connectivity index (χ4v) is 1.65. The van der Waals surface area contributed by atoms with Gasteiger partial charge in [0.05, 0.1) is 12.4 Å². The highest BCUT2D eigenvalue weighted by Crippen LogP contribution is 2.13. The number of nitrogens with zero attached hydrogens (tertiary/aromatic N) is 4. The van der Waals surface area contributed by atoms with Crippen LogP contribution in [0.2, 0.25) is 0 Å². The summed E-state index contributed by atoms with van der Waals surface area (Å²) in [4.78, 5) is 5.07. The van der Waals surface area contributed by atoms with Gasteiger partial charge >= 0.3 is 0 Å². The van der Waals surface area contributed by atoms with Gasteiger partial charge in [0.15, 0.2) is 5.82 Å². The predicted octanol–water partition coefficient (Wildman–Crippen LogP) is 0.590. The van der Waals surface area contributed by atoms with Crippen molar-refractivity contribution in [3.05, 3.63) is 30.7 Å². The number of aromatic nitrogens is 4. The van der Waals surface area contributed by atoms with Gasteiger partial charge in [-0.3, -0.25) is 0 Å². The Kier molecular flexibility index (Phi) is 2.41. The van der Waals surface area contributed by atoms with Gasteiger partial charge in [0.25, 0.3) is 9.05 Å². The lowest BCUT2D eigenvalue weighted by molar-refractivity contribution is 0.609. The van der Waals surface area contributed by atoms with Crippen LogP contribution in [0.25, 0.3) is 5.82 Å². The summed E-state index contributed by atoms with van der Waals surface area (Å²) in [5.41, 5.74) is 0. The first-order chi connectivity index (χ1) is 7.07. The van der Waals surface area contributed by atoms with Gasteiger partial charge in [-0.25, -0.2) is 13.4 Å². The molecule has 0 saturated heterocycles. The maximum Gasteiger partial charge on any atom is 0.262 e. The number of hydrogen-bond acceptors (Lipinski definition) is 5. The van der Waals surface area contributed by atoms with Crippen LogP contribution in [0.4, 0.5) is 0 Å². The average Bonchev–Trinajstić information content (AvgIpc) is 2.69. The van der Waals surface area contributed by atoms with Crippen molar-refractivity contribution in [1.29, 1.82) is 0 Å². The van der Waals surface area contributed by atoms with Crippen LogP contribution in [0.15, 0.2) is 35.6 Å². The molecule has 0 aliphatic carbocycles. The van der Waals surface area contributed by atoms with Crippen molar-refractivity contribution < 1.29 is 8.42 Å². The summed E-state index contributed by atoms with van der Waals surface area (Å²) in [6, 6.07) is 2.81. The van der Waals surface area contributed by atoms with Gasteiger partial charge in [-0.05, 0) is 12.1 Å². The van der Waals surface area contributed by atoms with Gasteiger partial charge in [0.2, 0.25) is 0 Å². The predicted molar refractivity (Wildman–Crippen MR) is 52.2 cm³/mol. The van der Waals surface area contributed by atoms with E-state index in [1.807, 2.05) is 0 Å². The van der Waals surface area contributed by atoms with Crippen molar-refractivity contribution >= 4 is 19.7 Å². The molecule has 15 heavy (non-hydrogen) atoms. The van der Waals surface area contributed by atoms with E-state index >= 15 is 0 Å². The zero-order chi connectivity index (χ0) is 10.9. The normalized spacial score (nSPS) is 11.5. The van der Waals surface area contributed by atoms with Gasteiger partial charge in [-0.15, -0.1) is 4.80 Å². The van der Waals surface area contributed by atoms with Crippen LogP contribution >= 0.6 is 10.7 Å². The summed E-state index contributed by atoms with van der Waals surface area (Å²) in [5, 5.41) is 7.68. The number of rotatable bonds is 2. The van der Waals surface area contributed by atoms with E-state index < -0.39 is 9.05 Å². The van der Waals surface area contributed by atoms with E-state index in [2.05, 4.69) is 15.2 Å². The third-order valence-electron chi connectivity index (χ3n) is 1.63. The summed E-state index contributed by atoms with van der Waals surface area (Å²) in [7, 11) is 1.40. The van der Waals surface area contributed by atoms with Gasteiger partial charge in [0, 0.05) is 16.9 Å². The van der Waals surface area contributed by atoms with Crippen molar-refractivity contribution in [2.24, 2.45) is 0 Å². The fraction of sp³-hybridized carbons (Fsp3) is 0. The fourth-order valence-electron chi connectivity index (χ4n) is 0.969. The third-order valence-corrected chi connectivity index (χ3v) is 2.97. The van der Waals surface area contributed by atoms with Crippen LogP contribution in [0.3, 0.4) is 0 Å². The van der Waals surface area contributed by atoms with Crippen LogP contribution < -0.4 is 0 Å². The minimum atomic E-state index is -3.73. The summed E-state index contributed by atoms with van der Waals surface area (Å²) < 4.78 is 21.8. The molecule has 0 atom stereocenters. The maximum absolute atomic E-state index is 10.9. The largest absolute Gasteiger partial charge is 0.262 e. The molecule has 0 spiro atoms. The minimum absolute atomic E-state index is 0.0555. The van der Waals surface area contributed by atoms with E-state index in [1.54, 1.807) is 0 Å². The second-order valence-corrected chi connectivity index (χ2v) is 5.17. The topological polar surface area (TPSA) is 77.7 Å². The smallest absolute Gasteiger partial charge is 0.234 e. The lowest BCUT2D eigenvalue weighted by atomic mass is 10.5. The molecule has 2 heterocycles. The lowest BCUT2D eigenvalue weighted by Crippen LogP contribution is -2.02. The third kappa shape index (κ3) is 2.13. The monoisotopic (exact) mass is 244 g/mol. The molecule has 0 bridgehead atoms. The zero-order valence-electron chi connectivity index (χ0n) is 7.28. The van der Waals surface area contributed by atoms with Crippen LogP contribution in [0, 0.1) is 0 Å². The molecular weight excluding hydrogens is 240 g/mol. The van der Waals surface area contributed by atoms with Crippen LogP contribution in [0.1, 0.15) is 0 Å². The standard InChI is InChI=1S/C7H5ClN4O2S/c8-15(13,14)6-1-2-7(9-5-6)12-10-3-4-11-12/h1-5H. The van der Waals surface area contributed by atoms with Gasteiger partial charge in [-0.1, -0.05) is 0 Å². The molecule has 2 aromatic rings. The zero-order valence-corrected chi connectivity index (χ0v) is 8.85. The lowest BCUT2D eigenvalue weighted by Gasteiger charge is -1.98. The molecule has 0 radical (unpaired) electrons. The first kappa shape index (κ1) is 10.1. The maximum atomic E-state index is 10.9. The van der Waals surface area contributed by atoms with E-state index in [1.165, 1.54) is 29.3 Å². The molecule has 2 rings (SSSR count). The van der Waals surface area contributed by atoms with Crippen molar-refractivity contribution in [1.82, 2.24) is 20.0 Å². The molecule has 0 unspecified atom stereocenters. The quantitative estimate of drug-likeness (QED) is 0.723. The molecule has 0 fully saturated rings. The van der Waals surface area contributed by atoms with Crippen molar-refractivity contribution in [3.8, 4) is 5.82 Å². The Morgan fingerprint density at radius 3 is 2.33 bits per heavy atom. The number of halogens is 1. The molecular formula is C7H5ClN4O2S. The van der Waals surface area contributed by atoms with Crippen LogP contribution in [0.5, 0.6) is 0 Å².